The molecule has 0 heterocycles. The van der Waals surface area contributed by atoms with Gasteiger partial charge in [0.1, 0.15) is 5.75 Å². The fraction of sp³-hybridized carbons (Fsp3) is 0.235. The molecule has 2 aromatic rings. The number of benzene rings is 2. The lowest BCUT2D eigenvalue weighted by Crippen LogP contribution is -2.02. The lowest BCUT2D eigenvalue weighted by molar-refractivity contribution is 0.0696. The van der Waals surface area contributed by atoms with Crippen molar-refractivity contribution in [2.45, 2.75) is 20.8 Å². The van der Waals surface area contributed by atoms with Crippen LogP contribution in [0.5, 0.6) is 5.75 Å². The minimum atomic E-state index is -0.910. The second-order valence-electron chi connectivity index (χ2n) is 4.87. The summed E-state index contributed by atoms with van der Waals surface area (Å²) in [5, 5.41) is 9.23. The maximum absolute atomic E-state index is 11.2. The molecule has 1 N–H and O–H groups in total. The smallest absolute Gasteiger partial charge is 0.335 e. The Bertz CT molecular complexity index is 672. The summed E-state index contributed by atoms with van der Waals surface area (Å²) < 4.78 is 5.52. The van der Waals surface area contributed by atoms with Gasteiger partial charge in [-0.15, -0.1) is 0 Å². The van der Waals surface area contributed by atoms with Crippen LogP contribution in [0.4, 0.5) is 0 Å². The number of aryl methyl sites for hydroxylation is 1. The first-order valence-electron chi connectivity index (χ1n) is 6.44. The van der Waals surface area contributed by atoms with E-state index in [1.807, 2.05) is 39.0 Å². The van der Waals surface area contributed by atoms with Crippen LogP contribution in [0, 0.1) is 20.8 Å². The molecule has 0 radical (unpaired) electrons. The molecule has 0 aromatic heterocycles. The van der Waals surface area contributed by atoms with Gasteiger partial charge in [-0.1, -0.05) is 24.3 Å². The van der Waals surface area contributed by atoms with Gasteiger partial charge in [-0.25, -0.2) is 4.79 Å². The predicted octanol–water partition coefficient (Wildman–Crippen LogP) is 3.99. The molecule has 0 aliphatic rings. The number of hydrogen-bond donors (Lipinski definition) is 1. The Morgan fingerprint density at radius 1 is 1.00 bits per heavy atom. The first-order valence-corrected chi connectivity index (χ1v) is 6.44. The van der Waals surface area contributed by atoms with Crippen molar-refractivity contribution in [2.24, 2.45) is 0 Å². The second kappa shape index (κ2) is 5.37. The zero-order valence-corrected chi connectivity index (χ0v) is 12.2. The largest absolute Gasteiger partial charge is 0.496 e. The molecule has 0 saturated heterocycles. The molecule has 0 unspecified atom stereocenters. The molecular weight excluding hydrogens is 252 g/mol. The van der Waals surface area contributed by atoms with Crippen LogP contribution >= 0.6 is 0 Å². The SMILES string of the molecule is COc1c(-c2cccc(C(=O)O)c2C)ccc(C)c1C. The second-order valence-corrected chi connectivity index (χ2v) is 4.87. The van der Waals surface area contributed by atoms with Gasteiger partial charge in [-0.3, -0.25) is 0 Å². The molecule has 0 spiro atoms. The summed E-state index contributed by atoms with van der Waals surface area (Å²) in [5.41, 5.74) is 5.12. The molecule has 0 saturated carbocycles. The third-order valence-electron chi connectivity index (χ3n) is 3.74. The molecule has 0 bridgehead atoms. The van der Waals surface area contributed by atoms with Gasteiger partial charge in [0.05, 0.1) is 12.7 Å². The van der Waals surface area contributed by atoms with Crippen LogP contribution in [0.1, 0.15) is 27.0 Å². The minimum Gasteiger partial charge on any atom is -0.496 e. The van der Waals surface area contributed by atoms with Gasteiger partial charge in [-0.2, -0.15) is 0 Å². The Hall–Kier alpha value is -2.29. The van der Waals surface area contributed by atoms with Gasteiger partial charge in [0.15, 0.2) is 0 Å². The van der Waals surface area contributed by atoms with Crippen molar-refractivity contribution in [3.63, 3.8) is 0 Å². The maximum atomic E-state index is 11.2. The van der Waals surface area contributed by atoms with Crippen LogP contribution in [0.15, 0.2) is 30.3 Å². The van der Waals surface area contributed by atoms with Crippen molar-refractivity contribution >= 4 is 5.97 Å². The Morgan fingerprint density at radius 3 is 2.30 bits per heavy atom. The van der Waals surface area contributed by atoms with E-state index in [2.05, 4.69) is 0 Å². The van der Waals surface area contributed by atoms with E-state index in [0.29, 0.717) is 5.56 Å². The maximum Gasteiger partial charge on any atom is 0.335 e. The van der Waals surface area contributed by atoms with E-state index >= 15 is 0 Å². The van der Waals surface area contributed by atoms with Gasteiger partial charge >= 0.3 is 5.97 Å². The van der Waals surface area contributed by atoms with Crippen molar-refractivity contribution in [3.05, 3.63) is 52.6 Å². The topological polar surface area (TPSA) is 46.5 Å². The van der Waals surface area contributed by atoms with E-state index in [4.69, 9.17) is 4.74 Å². The summed E-state index contributed by atoms with van der Waals surface area (Å²) in [6, 6.07) is 9.32. The number of carboxylic acid groups (broad SMARTS) is 1. The highest BCUT2D eigenvalue weighted by Crippen LogP contribution is 2.36. The number of rotatable bonds is 3. The number of carboxylic acids is 1. The van der Waals surface area contributed by atoms with Crippen LogP contribution in [-0.4, -0.2) is 18.2 Å². The number of aromatic carboxylic acids is 1. The first kappa shape index (κ1) is 14.1. The number of methoxy groups -OCH3 is 1. The minimum absolute atomic E-state index is 0.322. The monoisotopic (exact) mass is 270 g/mol. The van der Waals surface area contributed by atoms with E-state index in [9.17, 15) is 9.90 Å². The summed E-state index contributed by atoms with van der Waals surface area (Å²) >= 11 is 0. The number of ether oxygens (including phenoxy) is 1. The van der Waals surface area contributed by atoms with E-state index in [1.54, 1.807) is 19.2 Å². The Kier molecular flexibility index (Phi) is 3.79. The lowest BCUT2D eigenvalue weighted by atomic mass is 9.93. The molecule has 0 aliphatic carbocycles. The van der Waals surface area contributed by atoms with Crippen LogP contribution < -0.4 is 4.74 Å². The molecule has 0 fully saturated rings. The Labute approximate surface area is 118 Å². The van der Waals surface area contributed by atoms with Crippen LogP contribution in [-0.2, 0) is 0 Å². The normalized spacial score (nSPS) is 10.4. The number of carbonyl (C=O) groups is 1. The van der Waals surface area contributed by atoms with Gasteiger partial charge in [0, 0.05) is 5.56 Å². The van der Waals surface area contributed by atoms with Crippen LogP contribution in [0.25, 0.3) is 11.1 Å². The van der Waals surface area contributed by atoms with Crippen molar-refractivity contribution in [2.75, 3.05) is 7.11 Å². The van der Waals surface area contributed by atoms with Crippen molar-refractivity contribution in [3.8, 4) is 16.9 Å². The average molecular weight is 270 g/mol. The highest BCUT2D eigenvalue weighted by Gasteiger charge is 2.16. The Balaban J connectivity index is 2.72. The lowest BCUT2D eigenvalue weighted by Gasteiger charge is -2.16. The van der Waals surface area contributed by atoms with Gasteiger partial charge in [0.2, 0.25) is 0 Å². The van der Waals surface area contributed by atoms with Crippen LogP contribution in [0.2, 0.25) is 0 Å². The average Bonchev–Trinajstić information content (AvgIpc) is 2.42. The van der Waals surface area contributed by atoms with E-state index in [0.717, 1.165) is 33.6 Å². The van der Waals surface area contributed by atoms with Gasteiger partial charge in [-0.05, 0) is 49.1 Å². The van der Waals surface area contributed by atoms with Crippen molar-refractivity contribution < 1.29 is 14.6 Å². The molecule has 0 amide bonds. The zero-order valence-electron chi connectivity index (χ0n) is 12.2. The summed E-state index contributed by atoms with van der Waals surface area (Å²) in [6.07, 6.45) is 0. The molecular formula is C17H18O3. The van der Waals surface area contributed by atoms with E-state index < -0.39 is 5.97 Å². The van der Waals surface area contributed by atoms with Gasteiger partial charge in [0.25, 0.3) is 0 Å². The standard InChI is InChI=1S/C17H18O3/c1-10-8-9-15(16(20-4)11(10)2)13-6-5-7-14(12(13)3)17(18)19/h5-9H,1-4H3,(H,18,19). The van der Waals surface area contributed by atoms with Crippen molar-refractivity contribution in [1.82, 2.24) is 0 Å². The molecule has 20 heavy (non-hydrogen) atoms. The molecule has 3 nitrogen and oxygen atoms in total. The van der Waals surface area contributed by atoms with Crippen LogP contribution in [0.3, 0.4) is 0 Å². The highest BCUT2D eigenvalue weighted by atomic mass is 16.5. The Morgan fingerprint density at radius 2 is 1.70 bits per heavy atom. The fourth-order valence-corrected chi connectivity index (χ4v) is 2.42. The van der Waals surface area contributed by atoms with E-state index in [1.165, 1.54) is 0 Å². The quantitative estimate of drug-likeness (QED) is 0.917. The summed E-state index contributed by atoms with van der Waals surface area (Å²) in [4.78, 5) is 11.2. The molecule has 0 aliphatic heterocycles. The summed E-state index contributed by atoms with van der Waals surface area (Å²) in [5.74, 6) is -0.109. The predicted molar refractivity (Wildman–Crippen MR) is 79.6 cm³/mol. The van der Waals surface area contributed by atoms with Crippen molar-refractivity contribution in [1.29, 1.82) is 0 Å². The third kappa shape index (κ3) is 2.27. The third-order valence-corrected chi connectivity index (χ3v) is 3.74. The van der Waals surface area contributed by atoms with Gasteiger partial charge < -0.3 is 9.84 Å². The summed E-state index contributed by atoms with van der Waals surface area (Å²) in [7, 11) is 1.64. The molecule has 2 rings (SSSR count). The molecule has 2 aromatic carbocycles. The first-order chi connectivity index (χ1) is 9.47. The van der Waals surface area contributed by atoms with E-state index in [-0.39, 0.29) is 0 Å². The zero-order chi connectivity index (χ0) is 14.9. The molecule has 104 valence electrons. The molecule has 0 atom stereocenters. The molecule has 3 heteroatoms. The summed E-state index contributed by atoms with van der Waals surface area (Å²) in [6.45, 7) is 5.86. The highest BCUT2D eigenvalue weighted by molar-refractivity contribution is 5.92. The number of hydrogen-bond acceptors (Lipinski definition) is 2. The fourth-order valence-electron chi connectivity index (χ4n) is 2.42.